The van der Waals surface area contributed by atoms with Crippen molar-refractivity contribution in [3.05, 3.63) is 125 Å². The van der Waals surface area contributed by atoms with Gasteiger partial charge >= 0.3 is 15.8 Å². The lowest BCUT2D eigenvalue weighted by atomic mass is 10.00. The van der Waals surface area contributed by atoms with E-state index in [1.54, 1.807) is 61.7 Å². The van der Waals surface area contributed by atoms with Gasteiger partial charge in [-0.15, -0.1) is 0 Å². The van der Waals surface area contributed by atoms with Gasteiger partial charge in [-0.25, -0.2) is 27.2 Å². The number of nitrogens with one attached hydrogen (secondary N) is 4. The SMILES string of the molecule is CCCS(=O)(=O)Nc1ccc(F)c(C(=O)c2c[nH]c3ncc(-c4ccc(Cl)cc4)cc23)c1F.COS(=O)(=O)NC1CC(Nc2ccnc3cc(-c4cccc(SC(F)(F)F)c4)nn23)C(O)C1O. The molecule has 0 spiro atoms. The maximum absolute atomic E-state index is 15.1. The number of fused-ring (bicyclic) bond motifs is 2. The molecule has 7 aromatic rings. The quantitative estimate of drug-likeness (QED) is 0.0357. The number of aromatic nitrogens is 5. The molecule has 0 aliphatic heterocycles. The monoisotopic (exact) mass is 1010 g/mol. The van der Waals surface area contributed by atoms with Crippen molar-refractivity contribution in [2.45, 2.75) is 54.5 Å². The zero-order valence-electron chi connectivity index (χ0n) is 34.8. The number of anilines is 2. The number of ketones is 1. The lowest BCUT2D eigenvalue weighted by molar-refractivity contribution is -0.0328. The maximum atomic E-state index is 15.1. The smallest absolute Gasteiger partial charge is 0.389 e. The van der Waals surface area contributed by atoms with Crippen molar-refractivity contribution in [2.24, 2.45) is 0 Å². The normalized spacial score (nSPS) is 17.6. The molecule has 4 heterocycles. The first-order valence-corrected chi connectivity index (χ1v) is 24.1. The number of halogens is 6. The Bertz CT molecular complexity index is 3180. The number of pyridine rings is 1. The van der Waals surface area contributed by atoms with Crippen LogP contribution in [0.25, 0.3) is 39.1 Å². The Morgan fingerprint density at radius 1 is 0.955 bits per heavy atom. The van der Waals surface area contributed by atoms with Gasteiger partial charge in [0, 0.05) is 56.7 Å². The van der Waals surface area contributed by atoms with Crippen molar-refractivity contribution in [3.8, 4) is 22.4 Å². The third-order valence-corrected chi connectivity index (χ3v) is 13.7. The van der Waals surface area contributed by atoms with E-state index < -0.39 is 78.8 Å². The van der Waals surface area contributed by atoms with Crippen molar-refractivity contribution in [2.75, 3.05) is 22.9 Å². The first-order valence-electron chi connectivity index (χ1n) is 19.8. The fourth-order valence-electron chi connectivity index (χ4n) is 7.17. The molecule has 0 amide bonds. The molecule has 354 valence electrons. The molecule has 4 atom stereocenters. The summed E-state index contributed by atoms with van der Waals surface area (Å²) >= 11 is 5.71. The molecule has 25 heteroatoms. The van der Waals surface area contributed by atoms with Crippen molar-refractivity contribution < 1.29 is 58.0 Å². The number of aliphatic hydroxyl groups excluding tert-OH is 2. The molecular weight excluding hydrogens is 971 g/mol. The van der Waals surface area contributed by atoms with Crippen LogP contribution in [0.3, 0.4) is 0 Å². The minimum absolute atomic E-state index is 0.000297. The van der Waals surface area contributed by atoms with Crippen LogP contribution in [0.2, 0.25) is 5.02 Å². The minimum Gasteiger partial charge on any atom is -0.389 e. The Kier molecular flexibility index (Phi) is 14.6. The van der Waals surface area contributed by atoms with Crippen LogP contribution in [0.15, 0.2) is 102 Å². The van der Waals surface area contributed by atoms with Gasteiger partial charge < -0.3 is 20.5 Å². The number of nitrogens with zero attached hydrogens (tertiary/aromatic N) is 4. The van der Waals surface area contributed by atoms with E-state index in [1.807, 2.05) is 0 Å². The second-order valence-electron chi connectivity index (χ2n) is 14.9. The van der Waals surface area contributed by atoms with Crippen LogP contribution in [-0.2, 0) is 24.5 Å². The number of alkyl halides is 3. The van der Waals surface area contributed by atoms with E-state index in [0.29, 0.717) is 50.8 Å². The van der Waals surface area contributed by atoms with E-state index in [9.17, 15) is 49.4 Å². The first-order chi connectivity index (χ1) is 31.7. The molecule has 67 heavy (non-hydrogen) atoms. The Hall–Kier alpha value is -5.73. The van der Waals surface area contributed by atoms with Gasteiger partial charge in [0.2, 0.25) is 15.8 Å². The van der Waals surface area contributed by atoms with Gasteiger partial charge in [0.15, 0.2) is 11.5 Å². The summed E-state index contributed by atoms with van der Waals surface area (Å²) in [7, 11) is -6.95. The molecule has 1 aliphatic rings. The molecule has 4 unspecified atom stereocenters. The number of carbonyl (C=O) groups excluding carboxylic acids is 1. The van der Waals surface area contributed by atoms with Crippen LogP contribution in [-0.4, -0.2) is 100 Å². The van der Waals surface area contributed by atoms with Crippen molar-refractivity contribution in [1.82, 2.24) is 29.3 Å². The summed E-state index contributed by atoms with van der Waals surface area (Å²) in [5.74, 6) is -3.19. The third kappa shape index (κ3) is 11.5. The Labute approximate surface area is 388 Å². The Morgan fingerprint density at radius 2 is 1.69 bits per heavy atom. The van der Waals surface area contributed by atoms with E-state index in [4.69, 9.17) is 11.6 Å². The largest absolute Gasteiger partial charge is 0.446 e. The molecular formula is C42H38ClF5N8O8S3. The van der Waals surface area contributed by atoms with E-state index in [0.717, 1.165) is 24.8 Å². The second-order valence-corrected chi connectivity index (χ2v) is 19.8. The summed E-state index contributed by atoms with van der Waals surface area (Å²) in [6, 6.07) is 17.7. The van der Waals surface area contributed by atoms with Gasteiger partial charge in [0.1, 0.15) is 23.4 Å². The molecule has 1 aliphatic carbocycles. The second kappa shape index (κ2) is 19.9. The summed E-state index contributed by atoms with van der Waals surface area (Å²) in [5.41, 5.74) is -2.72. The molecule has 0 radical (unpaired) electrons. The highest BCUT2D eigenvalue weighted by atomic mass is 35.5. The molecule has 3 aromatic carbocycles. The van der Waals surface area contributed by atoms with Crippen LogP contribution in [0, 0.1) is 11.6 Å². The van der Waals surface area contributed by atoms with Crippen molar-refractivity contribution >= 4 is 77.7 Å². The maximum Gasteiger partial charge on any atom is 0.446 e. The summed E-state index contributed by atoms with van der Waals surface area (Å²) < 4.78 is 125. The topological polar surface area (TPSA) is 230 Å². The lowest BCUT2D eigenvalue weighted by Gasteiger charge is -2.19. The Balaban J connectivity index is 0.000000199. The number of H-pyrrole nitrogens is 1. The average molecular weight is 1010 g/mol. The summed E-state index contributed by atoms with van der Waals surface area (Å²) in [6.45, 7) is 1.65. The minimum atomic E-state index is -4.42. The molecule has 1 saturated carbocycles. The molecule has 0 bridgehead atoms. The third-order valence-electron chi connectivity index (χ3n) is 10.3. The van der Waals surface area contributed by atoms with Gasteiger partial charge in [-0.1, -0.05) is 42.8 Å². The fourth-order valence-corrected chi connectivity index (χ4v) is 9.73. The van der Waals surface area contributed by atoms with Gasteiger partial charge in [-0.2, -0.15) is 35.9 Å². The lowest BCUT2D eigenvalue weighted by Crippen LogP contribution is -2.43. The molecule has 0 saturated heterocycles. The number of hydrogen-bond acceptors (Lipinski definition) is 13. The first kappa shape index (κ1) is 49.2. The zero-order chi connectivity index (χ0) is 48.4. The number of aliphatic hydroxyl groups is 2. The predicted molar refractivity (Wildman–Crippen MR) is 241 cm³/mol. The summed E-state index contributed by atoms with van der Waals surface area (Å²) in [4.78, 5) is 24.5. The van der Waals surface area contributed by atoms with Crippen LogP contribution >= 0.6 is 23.4 Å². The molecule has 1 fully saturated rings. The van der Waals surface area contributed by atoms with E-state index >= 15 is 4.39 Å². The molecule has 6 N–H and O–H groups in total. The van der Waals surface area contributed by atoms with Gasteiger partial charge in [0.05, 0.1) is 48.0 Å². The number of rotatable bonds is 14. The number of thioether (sulfide) groups is 1. The summed E-state index contributed by atoms with van der Waals surface area (Å²) in [6.07, 6.45) is 2.05. The number of sulfonamides is 1. The molecule has 8 rings (SSSR count). The van der Waals surface area contributed by atoms with Crippen LogP contribution < -0.4 is 14.8 Å². The highest BCUT2D eigenvalue weighted by Gasteiger charge is 2.43. The van der Waals surface area contributed by atoms with Gasteiger partial charge in [0.25, 0.3) is 0 Å². The van der Waals surface area contributed by atoms with Crippen LogP contribution in [0.5, 0.6) is 0 Å². The van der Waals surface area contributed by atoms with Crippen LogP contribution in [0.4, 0.5) is 33.5 Å². The number of hydrogen-bond donors (Lipinski definition) is 6. The zero-order valence-corrected chi connectivity index (χ0v) is 38.0. The predicted octanol–water partition coefficient (Wildman–Crippen LogP) is 7.31. The van der Waals surface area contributed by atoms with Crippen LogP contribution in [0.1, 0.15) is 35.7 Å². The average Bonchev–Trinajstić information content (AvgIpc) is 3.98. The van der Waals surface area contributed by atoms with E-state index in [2.05, 4.69) is 39.0 Å². The summed E-state index contributed by atoms with van der Waals surface area (Å²) in [5, 5.41) is 29.0. The van der Waals surface area contributed by atoms with Crippen molar-refractivity contribution in [3.63, 3.8) is 0 Å². The number of aromatic amines is 1. The molecule has 4 aromatic heterocycles. The fraction of sp³-hybridized carbons (Fsp3) is 0.238. The molecule has 16 nitrogen and oxygen atoms in total. The van der Waals surface area contributed by atoms with E-state index in [-0.39, 0.29) is 34.4 Å². The van der Waals surface area contributed by atoms with E-state index in [1.165, 1.54) is 35.1 Å². The van der Waals surface area contributed by atoms with Gasteiger partial charge in [-0.3, -0.25) is 13.7 Å². The highest BCUT2D eigenvalue weighted by molar-refractivity contribution is 8.00. The standard InChI is InChI=1S/C23H18ClF2N3O3S.C19H20F3N5O5S2/c1-2-9-33(31,32)29-19-8-7-18(25)20(21(19)26)22(30)17-12-28-23-16(17)10-14(11-27-23)13-3-5-15(24)6-4-13;1-32-34(30,31)26-14-8-13(17(28)18(14)29)24-15-5-6-23-16-9-12(25-27(15)16)10-3-2-4-11(7-10)33-19(20,21)22/h3-8,10-12,29H,2,9H2,1H3,(H,27,28);2-7,9,13-14,17-18,24,26,28-29H,8H2,1H3. The number of benzene rings is 3. The van der Waals surface area contributed by atoms with Gasteiger partial charge in [-0.05, 0) is 78.7 Å². The highest BCUT2D eigenvalue weighted by Crippen LogP contribution is 2.38. The Morgan fingerprint density at radius 3 is 2.39 bits per heavy atom. The number of carbonyl (C=O) groups is 1. The van der Waals surface area contributed by atoms with Crippen molar-refractivity contribution in [1.29, 1.82) is 0 Å².